The Morgan fingerprint density at radius 1 is 1.50 bits per heavy atom. The highest BCUT2D eigenvalue weighted by Gasteiger charge is 2.31. The lowest BCUT2D eigenvalue weighted by atomic mass is 10.2. The van der Waals surface area contributed by atoms with E-state index in [2.05, 4.69) is 11.3 Å². The third-order valence-electron chi connectivity index (χ3n) is 1.34. The van der Waals surface area contributed by atoms with Crippen LogP contribution in [-0.4, -0.2) is 12.9 Å². The molecule has 2 nitrogen and oxygen atoms in total. The van der Waals surface area contributed by atoms with E-state index in [1.165, 1.54) is 25.2 Å². The van der Waals surface area contributed by atoms with Gasteiger partial charge in [-0.1, -0.05) is 12.7 Å². The van der Waals surface area contributed by atoms with Crippen LogP contribution in [0, 0.1) is 0 Å². The van der Waals surface area contributed by atoms with Gasteiger partial charge in [-0.3, -0.25) is 0 Å². The molecular weight excluding hydrogens is 195 g/mol. The first-order valence-electron chi connectivity index (χ1n) is 3.88. The Bertz CT molecular complexity index is 253. The van der Waals surface area contributed by atoms with Crippen LogP contribution in [0.25, 0.3) is 0 Å². The molecule has 0 radical (unpaired) electrons. The minimum atomic E-state index is -4.68. The highest BCUT2D eigenvalue weighted by atomic mass is 19.4. The quantitative estimate of drug-likeness (QED) is 0.567. The van der Waals surface area contributed by atoms with Gasteiger partial charge in [0.25, 0.3) is 0 Å². The fourth-order valence-corrected chi connectivity index (χ4v) is 0.689. The van der Waals surface area contributed by atoms with Crippen molar-refractivity contribution in [3.63, 3.8) is 0 Å². The molecule has 0 aliphatic rings. The summed E-state index contributed by atoms with van der Waals surface area (Å²) < 4.78 is 39.1. The topological polar surface area (TPSA) is 35.2 Å². The van der Waals surface area contributed by atoms with Crippen molar-refractivity contribution in [3.05, 3.63) is 36.1 Å². The summed E-state index contributed by atoms with van der Waals surface area (Å²) in [5.74, 6) is -0.294. The lowest BCUT2D eigenvalue weighted by Crippen LogP contribution is -2.12. The van der Waals surface area contributed by atoms with Crippen molar-refractivity contribution in [3.8, 4) is 0 Å². The van der Waals surface area contributed by atoms with E-state index >= 15 is 0 Å². The highest BCUT2D eigenvalue weighted by molar-refractivity contribution is 5.26. The first kappa shape index (κ1) is 12.8. The zero-order chi connectivity index (χ0) is 11.2. The molecule has 0 heterocycles. The number of ether oxygens (including phenoxy) is 1. The average Bonchev–Trinajstić information content (AvgIpc) is 2.10. The molecule has 80 valence electrons. The first-order chi connectivity index (χ1) is 6.42. The van der Waals surface area contributed by atoms with E-state index in [-0.39, 0.29) is 12.3 Å². The van der Waals surface area contributed by atoms with Gasteiger partial charge in [0.05, 0.1) is 0 Å². The fourth-order valence-electron chi connectivity index (χ4n) is 0.689. The molecule has 0 aromatic carbocycles. The van der Waals surface area contributed by atoms with Crippen LogP contribution in [0.4, 0.5) is 13.2 Å². The van der Waals surface area contributed by atoms with Crippen molar-refractivity contribution in [1.82, 2.24) is 0 Å². The van der Waals surface area contributed by atoms with E-state index in [0.29, 0.717) is 5.57 Å². The molecule has 0 aromatic rings. The third kappa shape index (κ3) is 5.42. The molecule has 0 unspecified atom stereocenters. The molecule has 0 saturated heterocycles. The smallest absolute Gasteiger partial charge is 0.406 e. The Labute approximate surface area is 80.5 Å². The monoisotopic (exact) mass is 207 g/mol. The van der Waals surface area contributed by atoms with Crippen LogP contribution in [0.15, 0.2) is 36.1 Å². The number of halogens is 3. The van der Waals surface area contributed by atoms with E-state index in [1.807, 2.05) is 0 Å². The first-order valence-corrected chi connectivity index (χ1v) is 3.88. The molecule has 5 heteroatoms. The predicted molar refractivity (Wildman–Crippen MR) is 48.2 cm³/mol. The Kier molecular flexibility index (Phi) is 5.01. The number of hydrogen-bond acceptors (Lipinski definition) is 2. The molecule has 0 rings (SSSR count). The van der Waals surface area contributed by atoms with Crippen LogP contribution >= 0.6 is 0 Å². The van der Waals surface area contributed by atoms with Crippen molar-refractivity contribution >= 4 is 0 Å². The van der Waals surface area contributed by atoms with Crippen molar-refractivity contribution < 1.29 is 17.9 Å². The maximum Gasteiger partial charge on any atom is 0.573 e. The number of rotatable bonds is 4. The zero-order valence-electron chi connectivity index (χ0n) is 7.77. The van der Waals surface area contributed by atoms with Crippen LogP contribution in [-0.2, 0) is 4.74 Å². The van der Waals surface area contributed by atoms with Gasteiger partial charge < -0.3 is 10.5 Å². The minimum absolute atomic E-state index is 0.113. The lowest BCUT2D eigenvalue weighted by Gasteiger charge is -2.09. The van der Waals surface area contributed by atoms with Gasteiger partial charge in [-0.05, 0) is 24.6 Å². The summed E-state index contributed by atoms with van der Waals surface area (Å²) in [5, 5.41) is 0. The lowest BCUT2D eigenvalue weighted by molar-refractivity contribution is -0.303. The SMILES string of the molecule is C=C/C(=C\C(=C/C)OC(F)(F)F)CN. The molecule has 0 fully saturated rings. The Hall–Kier alpha value is -1.23. The molecule has 2 N–H and O–H groups in total. The molecule has 0 aliphatic carbocycles. The van der Waals surface area contributed by atoms with Crippen molar-refractivity contribution in [2.24, 2.45) is 5.73 Å². The van der Waals surface area contributed by atoms with Gasteiger partial charge >= 0.3 is 6.36 Å². The molecule has 0 saturated carbocycles. The second kappa shape index (κ2) is 5.49. The standard InChI is InChI=1S/C9H12F3NO/c1-3-7(6-13)5-8(4-2)14-9(10,11)12/h3-5H,1,6,13H2,2H3/b7-5+,8-4+. The summed E-state index contributed by atoms with van der Waals surface area (Å²) in [5.41, 5.74) is 5.72. The molecule has 0 aromatic heterocycles. The normalized spacial score (nSPS) is 14.1. The second-order valence-electron chi connectivity index (χ2n) is 2.37. The summed E-state index contributed by atoms with van der Waals surface area (Å²) in [6.45, 7) is 4.96. The van der Waals surface area contributed by atoms with Gasteiger partial charge in [-0.15, -0.1) is 13.2 Å². The maximum absolute atomic E-state index is 11.8. The van der Waals surface area contributed by atoms with Gasteiger partial charge in [0.2, 0.25) is 0 Å². The molecule has 0 bridgehead atoms. The summed E-state index contributed by atoms with van der Waals surface area (Å²) >= 11 is 0. The number of allylic oxidation sites excluding steroid dienone is 2. The maximum atomic E-state index is 11.8. The summed E-state index contributed by atoms with van der Waals surface area (Å²) in [7, 11) is 0. The number of alkyl halides is 3. The Morgan fingerprint density at radius 2 is 2.07 bits per heavy atom. The van der Waals surface area contributed by atoms with Crippen molar-refractivity contribution in [2.75, 3.05) is 6.54 Å². The van der Waals surface area contributed by atoms with Crippen molar-refractivity contribution in [2.45, 2.75) is 13.3 Å². The number of hydrogen-bond donors (Lipinski definition) is 1. The predicted octanol–water partition coefficient (Wildman–Crippen LogP) is 2.50. The Morgan fingerprint density at radius 3 is 2.36 bits per heavy atom. The van der Waals surface area contributed by atoms with Gasteiger partial charge in [0.15, 0.2) is 0 Å². The van der Waals surface area contributed by atoms with Crippen LogP contribution in [0.1, 0.15) is 6.92 Å². The van der Waals surface area contributed by atoms with Gasteiger partial charge in [0, 0.05) is 6.54 Å². The highest BCUT2D eigenvalue weighted by Crippen LogP contribution is 2.21. The van der Waals surface area contributed by atoms with E-state index in [4.69, 9.17) is 5.73 Å². The van der Waals surface area contributed by atoms with E-state index < -0.39 is 6.36 Å². The minimum Gasteiger partial charge on any atom is -0.406 e. The zero-order valence-corrected chi connectivity index (χ0v) is 7.77. The van der Waals surface area contributed by atoms with E-state index in [1.54, 1.807) is 0 Å². The van der Waals surface area contributed by atoms with Gasteiger partial charge in [-0.2, -0.15) is 0 Å². The third-order valence-corrected chi connectivity index (χ3v) is 1.34. The Balaban J connectivity index is 4.61. The molecule has 0 atom stereocenters. The van der Waals surface area contributed by atoms with Crippen LogP contribution in [0.3, 0.4) is 0 Å². The average molecular weight is 207 g/mol. The van der Waals surface area contributed by atoms with Crippen LogP contribution < -0.4 is 5.73 Å². The van der Waals surface area contributed by atoms with Crippen molar-refractivity contribution in [1.29, 1.82) is 0 Å². The summed E-state index contributed by atoms with van der Waals surface area (Å²) in [6, 6.07) is 0. The molecule has 0 aliphatic heterocycles. The van der Waals surface area contributed by atoms with Crippen LogP contribution in [0.2, 0.25) is 0 Å². The summed E-state index contributed by atoms with van der Waals surface area (Å²) in [6.07, 6.45) is -0.907. The largest absolute Gasteiger partial charge is 0.573 e. The van der Waals surface area contributed by atoms with E-state index in [0.717, 1.165) is 0 Å². The van der Waals surface area contributed by atoms with Gasteiger partial charge in [0.1, 0.15) is 5.76 Å². The van der Waals surface area contributed by atoms with Gasteiger partial charge in [-0.25, -0.2) is 0 Å². The summed E-state index contributed by atoms with van der Waals surface area (Å²) in [4.78, 5) is 0. The molecule has 14 heavy (non-hydrogen) atoms. The number of nitrogens with two attached hydrogens (primary N) is 1. The van der Waals surface area contributed by atoms with E-state index in [9.17, 15) is 13.2 Å². The fraction of sp³-hybridized carbons (Fsp3) is 0.333. The molecule has 0 spiro atoms. The molecular formula is C9H12F3NO. The molecule has 0 amide bonds. The van der Waals surface area contributed by atoms with Crippen LogP contribution in [0.5, 0.6) is 0 Å². The second-order valence-corrected chi connectivity index (χ2v) is 2.37.